The van der Waals surface area contributed by atoms with Crippen LogP contribution in [0.15, 0.2) is 56.8 Å². The molecular formula is C22H18N2O5S2. The largest absolute Gasteiger partial charge is 0.463 e. The normalized spacial score (nSPS) is 17.5. The number of hydrogen-bond acceptors (Lipinski definition) is 8. The number of carbonyl (C=O) groups excluding carboxylic acids is 1. The third kappa shape index (κ3) is 3.39. The van der Waals surface area contributed by atoms with Gasteiger partial charge in [-0.05, 0) is 49.1 Å². The fourth-order valence-corrected chi connectivity index (χ4v) is 5.53. The minimum atomic E-state index is -0.561. The topological polar surface area (TPSA) is 79.1 Å². The van der Waals surface area contributed by atoms with Gasteiger partial charge in [-0.15, -0.1) is 11.3 Å². The van der Waals surface area contributed by atoms with Crippen molar-refractivity contribution >= 4 is 34.7 Å². The van der Waals surface area contributed by atoms with Crippen molar-refractivity contribution < 1.29 is 19.0 Å². The lowest BCUT2D eigenvalue weighted by atomic mass is 10.0. The average Bonchev–Trinajstić information content (AvgIpc) is 3.48. The molecule has 1 aromatic carbocycles. The Labute approximate surface area is 185 Å². The van der Waals surface area contributed by atoms with Gasteiger partial charge in [0, 0.05) is 4.88 Å². The third-order valence-corrected chi connectivity index (χ3v) is 6.93. The molecule has 3 aromatic rings. The zero-order valence-electron chi connectivity index (χ0n) is 16.8. The second-order valence-corrected chi connectivity index (χ2v) is 8.92. The van der Waals surface area contributed by atoms with Crippen molar-refractivity contribution in [1.29, 1.82) is 0 Å². The van der Waals surface area contributed by atoms with Crippen molar-refractivity contribution in [2.24, 2.45) is 4.99 Å². The van der Waals surface area contributed by atoms with Crippen molar-refractivity contribution in [3.63, 3.8) is 0 Å². The second kappa shape index (κ2) is 7.82. The number of hydrogen-bond donors (Lipinski definition) is 0. The Hall–Kier alpha value is -3.17. The summed E-state index contributed by atoms with van der Waals surface area (Å²) in [5.41, 5.74) is 1.58. The number of thiazole rings is 1. The molecular weight excluding hydrogens is 436 g/mol. The summed E-state index contributed by atoms with van der Waals surface area (Å²) in [4.78, 5) is 32.2. The zero-order chi connectivity index (χ0) is 21.5. The second-order valence-electron chi connectivity index (χ2n) is 6.93. The van der Waals surface area contributed by atoms with Crippen LogP contribution >= 0.6 is 22.7 Å². The summed E-state index contributed by atoms with van der Waals surface area (Å²) in [6.45, 7) is 3.98. The maximum Gasteiger partial charge on any atom is 0.338 e. The van der Waals surface area contributed by atoms with E-state index in [-0.39, 0.29) is 19.0 Å². The van der Waals surface area contributed by atoms with Gasteiger partial charge < -0.3 is 14.2 Å². The number of benzene rings is 1. The van der Waals surface area contributed by atoms with Gasteiger partial charge in [0.2, 0.25) is 6.79 Å². The number of nitrogens with zero attached hydrogens (tertiary/aromatic N) is 2. The molecule has 0 fully saturated rings. The van der Waals surface area contributed by atoms with Gasteiger partial charge in [-0.1, -0.05) is 23.5 Å². The van der Waals surface area contributed by atoms with E-state index in [9.17, 15) is 9.59 Å². The van der Waals surface area contributed by atoms with E-state index in [4.69, 9.17) is 14.2 Å². The molecule has 2 aromatic heterocycles. The summed E-state index contributed by atoms with van der Waals surface area (Å²) < 4.78 is 18.2. The van der Waals surface area contributed by atoms with Crippen LogP contribution in [-0.2, 0) is 9.53 Å². The van der Waals surface area contributed by atoms with Crippen molar-refractivity contribution in [3.8, 4) is 11.5 Å². The first-order valence-corrected chi connectivity index (χ1v) is 11.4. The number of carbonyl (C=O) groups is 1. The summed E-state index contributed by atoms with van der Waals surface area (Å²) in [6.07, 6.45) is 1.81. The molecule has 9 heteroatoms. The molecule has 2 aliphatic rings. The molecule has 0 bridgehead atoms. The first-order valence-electron chi connectivity index (χ1n) is 9.69. The summed E-state index contributed by atoms with van der Waals surface area (Å²) in [5.74, 6) is 0.886. The number of ether oxygens (including phenoxy) is 3. The summed E-state index contributed by atoms with van der Waals surface area (Å²) in [5, 5.41) is 1.93. The van der Waals surface area contributed by atoms with Gasteiger partial charge in [-0.3, -0.25) is 9.36 Å². The van der Waals surface area contributed by atoms with E-state index in [1.54, 1.807) is 24.5 Å². The molecule has 0 N–H and O–H groups in total. The van der Waals surface area contributed by atoms with Gasteiger partial charge in [-0.2, -0.15) is 0 Å². The van der Waals surface area contributed by atoms with E-state index in [2.05, 4.69) is 4.99 Å². The van der Waals surface area contributed by atoms with E-state index in [0.29, 0.717) is 32.1 Å². The molecule has 2 aliphatic heterocycles. The predicted molar refractivity (Wildman–Crippen MR) is 117 cm³/mol. The lowest BCUT2D eigenvalue weighted by Crippen LogP contribution is -2.39. The first kappa shape index (κ1) is 19.8. The number of thiophene rings is 1. The van der Waals surface area contributed by atoms with Crippen LogP contribution in [0, 0.1) is 0 Å². The maximum absolute atomic E-state index is 13.4. The number of rotatable bonds is 4. The first-order chi connectivity index (χ1) is 15.1. The highest BCUT2D eigenvalue weighted by atomic mass is 32.1. The van der Waals surface area contributed by atoms with Gasteiger partial charge in [0.15, 0.2) is 16.3 Å². The summed E-state index contributed by atoms with van der Waals surface area (Å²) >= 11 is 2.79. The van der Waals surface area contributed by atoms with E-state index in [0.717, 1.165) is 10.4 Å². The fourth-order valence-electron chi connectivity index (χ4n) is 3.66. The maximum atomic E-state index is 13.4. The van der Waals surface area contributed by atoms with Gasteiger partial charge >= 0.3 is 5.97 Å². The average molecular weight is 455 g/mol. The molecule has 0 aliphatic carbocycles. The van der Waals surface area contributed by atoms with Crippen LogP contribution in [0.4, 0.5) is 0 Å². The molecule has 0 amide bonds. The van der Waals surface area contributed by atoms with E-state index < -0.39 is 12.0 Å². The molecule has 31 heavy (non-hydrogen) atoms. The van der Waals surface area contributed by atoms with Crippen molar-refractivity contribution in [2.45, 2.75) is 19.9 Å². The highest BCUT2D eigenvalue weighted by molar-refractivity contribution is 7.10. The SMILES string of the molecule is CCOC(=O)C1=C(C)N=c2sc(=Cc3ccc4c(c3)OCO4)c(=O)n2C1c1cccs1. The Morgan fingerprint density at radius 2 is 2.16 bits per heavy atom. The molecule has 0 spiro atoms. The number of allylic oxidation sites excluding steroid dienone is 1. The van der Waals surface area contributed by atoms with Crippen LogP contribution in [-0.4, -0.2) is 23.9 Å². The van der Waals surface area contributed by atoms with E-state index in [1.165, 1.54) is 22.7 Å². The smallest absolute Gasteiger partial charge is 0.338 e. The number of aromatic nitrogens is 1. The Bertz CT molecular complexity index is 1380. The van der Waals surface area contributed by atoms with Gasteiger partial charge in [0.1, 0.15) is 6.04 Å². The predicted octanol–water partition coefficient (Wildman–Crippen LogP) is 2.59. The van der Waals surface area contributed by atoms with E-state index in [1.807, 2.05) is 35.7 Å². The summed E-state index contributed by atoms with van der Waals surface area (Å²) in [7, 11) is 0. The quantitative estimate of drug-likeness (QED) is 0.567. The van der Waals surface area contributed by atoms with Crippen molar-refractivity contribution in [2.75, 3.05) is 13.4 Å². The lowest BCUT2D eigenvalue weighted by Gasteiger charge is -2.23. The lowest BCUT2D eigenvalue weighted by molar-refractivity contribution is -0.139. The van der Waals surface area contributed by atoms with Crippen LogP contribution in [0.3, 0.4) is 0 Å². The minimum Gasteiger partial charge on any atom is -0.463 e. The molecule has 0 radical (unpaired) electrons. The van der Waals surface area contributed by atoms with Gasteiger partial charge in [0.25, 0.3) is 5.56 Å². The molecule has 4 heterocycles. The highest BCUT2D eigenvalue weighted by Crippen LogP contribution is 2.34. The zero-order valence-corrected chi connectivity index (χ0v) is 18.4. The summed E-state index contributed by atoms with van der Waals surface area (Å²) in [6, 6.07) is 8.80. The number of esters is 1. The molecule has 5 rings (SSSR count). The Morgan fingerprint density at radius 3 is 2.94 bits per heavy atom. The Morgan fingerprint density at radius 1 is 1.32 bits per heavy atom. The van der Waals surface area contributed by atoms with Crippen molar-refractivity contribution in [3.05, 3.63) is 77.1 Å². The molecule has 158 valence electrons. The third-order valence-electron chi connectivity index (χ3n) is 5.02. The van der Waals surface area contributed by atoms with Gasteiger partial charge in [0.05, 0.1) is 22.4 Å². The van der Waals surface area contributed by atoms with Gasteiger partial charge in [-0.25, -0.2) is 9.79 Å². The van der Waals surface area contributed by atoms with Crippen LogP contribution in [0.2, 0.25) is 0 Å². The Balaban J connectivity index is 1.68. The van der Waals surface area contributed by atoms with Crippen molar-refractivity contribution in [1.82, 2.24) is 4.57 Å². The molecule has 7 nitrogen and oxygen atoms in total. The molecule has 0 saturated heterocycles. The molecule has 1 atom stereocenters. The highest BCUT2D eigenvalue weighted by Gasteiger charge is 2.33. The standard InChI is InChI=1S/C22H18N2O5S2/c1-3-27-21(26)18-12(2)23-22-24(19(18)16-5-4-8-30-16)20(25)17(31-22)10-13-6-7-14-15(9-13)29-11-28-14/h4-10,19H,3,11H2,1-2H3. The molecule has 1 unspecified atom stereocenters. The fraction of sp³-hybridized carbons (Fsp3) is 0.227. The Kier molecular flexibility index (Phi) is 4.99. The monoisotopic (exact) mass is 454 g/mol. The van der Waals surface area contributed by atoms with Crippen LogP contribution in [0.5, 0.6) is 11.5 Å². The van der Waals surface area contributed by atoms with E-state index >= 15 is 0 Å². The van der Waals surface area contributed by atoms with Crippen LogP contribution < -0.4 is 24.4 Å². The molecule has 0 saturated carbocycles. The van der Waals surface area contributed by atoms with Crippen LogP contribution in [0.1, 0.15) is 30.3 Å². The number of fused-ring (bicyclic) bond motifs is 2. The van der Waals surface area contributed by atoms with Crippen LogP contribution in [0.25, 0.3) is 6.08 Å². The minimum absolute atomic E-state index is 0.192.